The third-order valence-corrected chi connectivity index (χ3v) is 5.28. The van der Waals surface area contributed by atoms with E-state index < -0.39 is 0 Å². The Morgan fingerprint density at radius 3 is 2.48 bits per heavy atom. The molecule has 1 aromatic heterocycles. The van der Waals surface area contributed by atoms with E-state index in [1.165, 1.54) is 6.26 Å². The number of benzene rings is 3. The summed E-state index contributed by atoms with van der Waals surface area (Å²) in [5.74, 6) is 0.737. The minimum atomic E-state index is -0.313. The Hall–Kier alpha value is -4.06. The van der Waals surface area contributed by atoms with Crippen molar-refractivity contribution in [2.75, 3.05) is 11.9 Å². The summed E-state index contributed by atoms with van der Waals surface area (Å²) in [7, 11) is 0. The Labute approximate surface area is 192 Å². The van der Waals surface area contributed by atoms with Crippen molar-refractivity contribution >= 4 is 22.7 Å². The predicted octanol–water partition coefficient (Wildman–Crippen LogP) is 5.73. The number of hydrogen-bond acceptors (Lipinski definition) is 4. The van der Waals surface area contributed by atoms with Crippen molar-refractivity contribution in [2.45, 2.75) is 26.9 Å². The van der Waals surface area contributed by atoms with Crippen LogP contribution in [-0.2, 0) is 13.1 Å². The molecule has 0 saturated heterocycles. The number of urea groups is 1. The highest BCUT2D eigenvalue weighted by molar-refractivity contribution is 5.89. The molecule has 0 aliphatic carbocycles. The van der Waals surface area contributed by atoms with Crippen LogP contribution in [0.1, 0.15) is 23.6 Å². The predicted molar refractivity (Wildman–Crippen MR) is 130 cm³/mol. The van der Waals surface area contributed by atoms with Gasteiger partial charge in [-0.25, -0.2) is 4.79 Å². The number of rotatable bonds is 7. The summed E-state index contributed by atoms with van der Waals surface area (Å²) < 4.78 is 11.2. The Balaban J connectivity index is 1.61. The van der Waals surface area contributed by atoms with E-state index in [2.05, 4.69) is 5.32 Å². The Bertz CT molecular complexity index is 1300. The average Bonchev–Trinajstić information content (AvgIpc) is 2.82. The summed E-state index contributed by atoms with van der Waals surface area (Å²) in [5, 5.41) is 3.43. The van der Waals surface area contributed by atoms with Crippen molar-refractivity contribution in [3.8, 4) is 5.75 Å². The lowest BCUT2D eigenvalue weighted by atomic mass is 10.1. The van der Waals surface area contributed by atoms with Crippen molar-refractivity contribution in [1.29, 1.82) is 0 Å². The molecular weight excluding hydrogens is 416 g/mol. The first-order chi connectivity index (χ1) is 16.0. The summed E-state index contributed by atoms with van der Waals surface area (Å²) in [6.07, 6.45) is 1.45. The fourth-order valence-electron chi connectivity index (χ4n) is 3.61. The topological polar surface area (TPSA) is 71.8 Å². The second-order valence-electron chi connectivity index (χ2n) is 7.82. The number of carbonyl (C=O) groups is 1. The van der Waals surface area contributed by atoms with E-state index in [9.17, 15) is 9.59 Å². The monoisotopic (exact) mass is 442 g/mol. The minimum absolute atomic E-state index is 0.115. The van der Waals surface area contributed by atoms with Crippen LogP contribution in [0.25, 0.3) is 11.0 Å². The number of ether oxygens (including phenoxy) is 1. The highest BCUT2D eigenvalue weighted by Gasteiger charge is 2.18. The van der Waals surface area contributed by atoms with Crippen molar-refractivity contribution in [2.24, 2.45) is 0 Å². The van der Waals surface area contributed by atoms with E-state index >= 15 is 0 Å². The number of hydrogen-bond donors (Lipinski definition) is 1. The molecule has 1 heterocycles. The van der Waals surface area contributed by atoms with Crippen LogP contribution in [0.5, 0.6) is 5.75 Å². The summed E-state index contributed by atoms with van der Waals surface area (Å²) >= 11 is 0. The van der Waals surface area contributed by atoms with Gasteiger partial charge in [0.2, 0.25) is 0 Å². The smallest absolute Gasteiger partial charge is 0.322 e. The van der Waals surface area contributed by atoms with Crippen LogP contribution >= 0.6 is 0 Å². The highest BCUT2D eigenvalue weighted by atomic mass is 16.5. The molecule has 0 fully saturated rings. The Morgan fingerprint density at radius 2 is 1.76 bits per heavy atom. The zero-order chi connectivity index (χ0) is 23.2. The Morgan fingerprint density at radius 1 is 1.00 bits per heavy atom. The normalized spacial score (nSPS) is 10.7. The molecule has 0 aliphatic heterocycles. The third-order valence-electron chi connectivity index (χ3n) is 5.28. The average molecular weight is 443 g/mol. The van der Waals surface area contributed by atoms with Crippen LogP contribution < -0.4 is 15.5 Å². The Kier molecular flexibility index (Phi) is 6.74. The van der Waals surface area contributed by atoms with Gasteiger partial charge in [-0.1, -0.05) is 42.0 Å². The summed E-state index contributed by atoms with van der Waals surface area (Å²) in [4.78, 5) is 27.9. The van der Waals surface area contributed by atoms with Crippen LogP contribution in [0.3, 0.4) is 0 Å². The van der Waals surface area contributed by atoms with E-state index in [1.54, 1.807) is 35.2 Å². The van der Waals surface area contributed by atoms with Crippen LogP contribution in [0.2, 0.25) is 0 Å². The van der Waals surface area contributed by atoms with Gasteiger partial charge in [0.25, 0.3) is 0 Å². The van der Waals surface area contributed by atoms with Gasteiger partial charge in [0.05, 0.1) is 30.4 Å². The number of carbonyl (C=O) groups excluding carboxylic acids is 1. The largest absolute Gasteiger partial charge is 0.494 e. The molecule has 0 saturated carbocycles. The quantitative estimate of drug-likeness (QED) is 0.396. The highest BCUT2D eigenvalue weighted by Crippen LogP contribution is 2.18. The third kappa shape index (κ3) is 5.41. The molecule has 0 radical (unpaired) electrons. The number of anilines is 1. The van der Waals surface area contributed by atoms with Crippen molar-refractivity contribution < 1.29 is 13.9 Å². The van der Waals surface area contributed by atoms with Crippen molar-refractivity contribution in [3.05, 3.63) is 106 Å². The van der Waals surface area contributed by atoms with Gasteiger partial charge in [-0.15, -0.1) is 0 Å². The van der Waals surface area contributed by atoms with Gasteiger partial charge in [-0.3, -0.25) is 4.79 Å². The first-order valence-corrected chi connectivity index (χ1v) is 10.9. The van der Waals surface area contributed by atoms with Crippen LogP contribution in [0.15, 0.2) is 88.3 Å². The van der Waals surface area contributed by atoms with Gasteiger partial charge in [0.15, 0.2) is 5.43 Å². The lowest BCUT2D eigenvalue weighted by Crippen LogP contribution is -2.35. The zero-order valence-corrected chi connectivity index (χ0v) is 18.7. The summed E-state index contributed by atoms with van der Waals surface area (Å²) in [5.41, 5.74) is 3.39. The first kappa shape index (κ1) is 22.1. The molecule has 1 N–H and O–H groups in total. The zero-order valence-electron chi connectivity index (χ0n) is 18.7. The lowest BCUT2D eigenvalue weighted by Gasteiger charge is -2.23. The molecule has 6 nitrogen and oxygen atoms in total. The molecule has 0 spiro atoms. The second-order valence-corrected chi connectivity index (χ2v) is 7.82. The van der Waals surface area contributed by atoms with Crippen LogP contribution in [-0.4, -0.2) is 17.5 Å². The summed E-state index contributed by atoms with van der Waals surface area (Å²) in [6.45, 7) is 4.88. The molecule has 6 heteroatoms. The fourth-order valence-corrected chi connectivity index (χ4v) is 3.61. The molecule has 3 aromatic carbocycles. The molecule has 0 atom stereocenters. The maximum Gasteiger partial charge on any atom is 0.322 e. The maximum atomic E-state index is 13.2. The molecule has 0 bridgehead atoms. The molecule has 168 valence electrons. The van der Waals surface area contributed by atoms with Crippen molar-refractivity contribution in [1.82, 2.24) is 4.90 Å². The molecule has 2 amide bonds. The fraction of sp³-hybridized carbons (Fsp3) is 0.185. The second kappa shape index (κ2) is 10.0. The molecule has 0 aliphatic rings. The number of fused-ring (bicyclic) bond motifs is 1. The van der Waals surface area contributed by atoms with Crippen molar-refractivity contribution in [3.63, 3.8) is 0 Å². The van der Waals surface area contributed by atoms with E-state index in [1.807, 2.05) is 56.3 Å². The van der Waals surface area contributed by atoms with Crippen LogP contribution in [0, 0.1) is 6.92 Å². The van der Waals surface area contributed by atoms with E-state index in [0.717, 1.165) is 16.9 Å². The minimum Gasteiger partial charge on any atom is -0.494 e. The van der Waals surface area contributed by atoms with Gasteiger partial charge >= 0.3 is 6.03 Å². The number of nitrogens with zero attached hydrogens (tertiary/aromatic N) is 1. The summed E-state index contributed by atoms with van der Waals surface area (Å²) in [6, 6.07) is 22.0. The van der Waals surface area contributed by atoms with E-state index in [4.69, 9.17) is 9.15 Å². The maximum absolute atomic E-state index is 13.2. The molecule has 4 aromatic rings. The van der Waals surface area contributed by atoms with Crippen LogP contribution in [0.4, 0.5) is 10.5 Å². The standard InChI is InChI=1S/C27H26N2O4/c1-3-32-23-12-10-22(11-13-23)28-27(31)29(16-20-7-5-4-6-8-20)17-21-18-33-25-14-9-19(2)15-24(25)26(21)30/h4-15,18H,3,16-17H2,1-2H3,(H,28,31). The molecular formula is C27H26N2O4. The van der Waals surface area contributed by atoms with Gasteiger partial charge in [0.1, 0.15) is 11.3 Å². The number of amides is 2. The van der Waals surface area contributed by atoms with Gasteiger partial charge in [0, 0.05) is 12.2 Å². The van der Waals surface area contributed by atoms with E-state index in [-0.39, 0.29) is 18.0 Å². The lowest BCUT2D eigenvalue weighted by molar-refractivity contribution is 0.206. The number of nitrogens with one attached hydrogen (secondary N) is 1. The first-order valence-electron chi connectivity index (χ1n) is 10.9. The van der Waals surface area contributed by atoms with Gasteiger partial charge in [-0.2, -0.15) is 0 Å². The van der Waals surface area contributed by atoms with Gasteiger partial charge < -0.3 is 19.4 Å². The van der Waals surface area contributed by atoms with Gasteiger partial charge in [-0.05, 0) is 55.8 Å². The molecule has 33 heavy (non-hydrogen) atoms. The SMILES string of the molecule is CCOc1ccc(NC(=O)N(Cc2ccccc2)Cc2coc3ccc(C)cc3c2=O)cc1. The number of aryl methyl sites for hydroxylation is 1. The molecule has 4 rings (SSSR count). The molecule has 0 unspecified atom stereocenters. The van der Waals surface area contributed by atoms with E-state index in [0.29, 0.717) is 35.4 Å².